The smallest absolute Gasteiger partial charge is 0.328 e. The Morgan fingerprint density at radius 1 is 1.20 bits per heavy atom. The lowest BCUT2D eigenvalue weighted by Gasteiger charge is -2.18. The van der Waals surface area contributed by atoms with E-state index in [0.29, 0.717) is 22.0 Å². The summed E-state index contributed by atoms with van der Waals surface area (Å²) in [5.74, 6) is -1.55. The minimum Gasteiger partial charge on any atom is -0.467 e. The predicted octanol–water partition coefficient (Wildman–Crippen LogP) is 2.78. The molecule has 0 aliphatic rings. The summed E-state index contributed by atoms with van der Waals surface area (Å²) in [4.78, 5) is 35.4. The molecule has 8 heteroatoms. The number of halogens is 2. The zero-order valence-electron chi connectivity index (χ0n) is 14.3. The second kappa shape index (κ2) is 10.3. The van der Waals surface area contributed by atoms with Crippen molar-refractivity contribution in [1.82, 2.24) is 5.32 Å². The van der Waals surface area contributed by atoms with Gasteiger partial charge in [-0.1, -0.05) is 43.1 Å². The molecule has 1 rings (SSSR count). The molecule has 0 fully saturated rings. The second-order valence-electron chi connectivity index (χ2n) is 5.85. The van der Waals surface area contributed by atoms with E-state index >= 15 is 0 Å². The summed E-state index contributed by atoms with van der Waals surface area (Å²) >= 11 is 11.8. The van der Waals surface area contributed by atoms with E-state index < -0.39 is 30.5 Å². The molecule has 1 aromatic rings. The van der Waals surface area contributed by atoms with Gasteiger partial charge in [0.2, 0.25) is 0 Å². The third-order valence-corrected chi connectivity index (χ3v) is 3.83. The van der Waals surface area contributed by atoms with Crippen LogP contribution in [0.5, 0.6) is 0 Å². The Hall–Kier alpha value is -1.79. The lowest BCUT2D eigenvalue weighted by atomic mass is 10.0. The van der Waals surface area contributed by atoms with Crippen molar-refractivity contribution < 1.29 is 23.9 Å². The van der Waals surface area contributed by atoms with Gasteiger partial charge in [0.05, 0.1) is 13.5 Å². The van der Waals surface area contributed by atoms with Gasteiger partial charge < -0.3 is 14.8 Å². The molecule has 0 bridgehead atoms. The first-order valence-electron chi connectivity index (χ1n) is 7.69. The molecule has 0 saturated carbocycles. The van der Waals surface area contributed by atoms with Crippen molar-refractivity contribution in [2.24, 2.45) is 5.92 Å². The molecule has 1 unspecified atom stereocenters. The fourth-order valence-electron chi connectivity index (χ4n) is 2.08. The number of nitrogens with one attached hydrogen (secondary N) is 1. The third kappa shape index (κ3) is 7.75. The number of amides is 1. The first kappa shape index (κ1) is 21.3. The van der Waals surface area contributed by atoms with Crippen LogP contribution in [0.1, 0.15) is 25.8 Å². The van der Waals surface area contributed by atoms with Crippen LogP contribution in [0.4, 0.5) is 0 Å². The van der Waals surface area contributed by atoms with Crippen molar-refractivity contribution in [2.45, 2.75) is 32.7 Å². The number of carbonyl (C=O) groups is 3. The van der Waals surface area contributed by atoms with E-state index in [1.54, 1.807) is 12.1 Å². The highest BCUT2D eigenvalue weighted by molar-refractivity contribution is 6.35. The normalized spacial score (nSPS) is 11.8. The summed E-state index contributed by atoms with van der Waals surface area (Å²) in [7, 11) is 1.25. The molecule has 0 aliphatic carbocycles. The molecule has 0 heterocycles. The molecule has 0 saturated heterocycles. The van der Waals surface area contributed by atoms with Gasteiger partial charge in [0.1, 0.15) is 6.04 Å². The van der Waals surface area contributed by atoms with Crippen LogP contribution in [0.25, 0.3) is 0 Å². The number of hydrogen-bond donors (Lipinski definition) is 1. The number of rotatable bonds is 8. The SMILES string of the molecule is COC(=O)C(CC(C)C)NC(=O)COC(=O)Cc1ccc(Cl)cc1Cl. The highest BCUT2D eigenvalue weighted by Gasteiger charge is 2.23. The Bertz CT molecular complexity index is 633. The molecule has 0 radical (unpaired) electrons. The molecule has 138 valence electrons. The Morgan fingerprint density at radius 3 is 2.44 bits per heavy atom. The number of hydrogen-bond acceptors (Lipinski definition) is 5. The molecule has 1 amide bonds. The lowest BCUT2D eigenvalue weighted by Crippen LogP contribution is -2.44. The van der Waals surface area contributed by atoms with Gasteiger partial charge in [-0.3, -0.25) is 9.59 Å². The fraction of sp³-hybridized carbons (Fsp3) is 0.471. The Morgan fingerprint density at radius 2 is 1.88 bits per heavy atom. The highest BCUT2D eigenvalue weighted by Crippen LogP contribution is 2.21. The topological polar surface area (TPSA) is 81.7 Å². The summed E-state index contributed by atoms with van der Waals surface area (Å²) in [6, 6.07) is 3.96. The average Bonchev–Trinajstić information content (AvgIpc) is 2.53. The van der Waals surface area contributed by atoms with Crippen LogP contribution in [-0.2, 0) is 30.3 Å². The van der Waals surface area contributed by atoms with E-state index in [1.807, 2.05) is 13.8 Å². The highest BCUT2D eigenvalue weighted by atomic mass is 35.5. The van der Waals surface area contributed by atoms with Crippen molar-refractivity contribution in [1.29, 1.82) is 0 Å². The van der Waals surface area contributed by atoms with E-state index in [9.17, 15) is 14.4 Å². The van der Waals surface area contributed by atoms with Gasteiger partial charge in [-0.25, -0.2) is 4.79 Å². The van der Waals surface area contributed by atoms with Crippen LogP contribution in [0.15, 0.2) is 18.2 Å². The number of esters is 2. The molecule has 1 atom stereocenters. The maximum absolute atomic E-state index is 11.9. The van der Waals surface area contributed by atoms with Crippen LogP contribution in [0.3, 0.4) is 0 Å². The van der Waals surface area contributed by atoms with Crippen molar-refractivity contribution >= 4 is 41.0 Å². The van der Waals surface area contributed by atoms with Crippen molar-refractivity contribution in [3.8, 4) is 0 Å². The van der Waals surface area contributed by atoms with E-state index in [2.05, 4.69) is 10.1 Å². The van der Waals surface area contributed by atoms with E-state index in [1.165, 1.54) is 13.2 Å². The van der Waals surface area contributed by atoms with Crippen LogP contribution in [-0.4, -0.2) is 37.6 Å². The molecule has 1 aromatic carbocycles. The Labute approximate surface area is 156 Å². The van der Waals surface area contributed by atoms with Gasteiger partial charge >= 0.3 is 11.9 Å². The van der Waals surface area contributed by atoms with Crippen LogP contribution in [0, 0.1) is 5.92 Å². The maximum atomic E-state index is 11.9. The summed E-state index contributed by atoms with van der Waals surface area (Å²) in [6.45, 7) is 3.34. The number of ether oxygens (including phenoxy) is 2. The zero-order valence-corrected chi connectivity index (χ0v) is 15.8. The number of carbonyl (C=O) groups excluding carboxylic acids is 3. The average molecular weight is 390 g/mol. The van der Waals surface area contributed by atoms with E-state index in [4.69, 9.17) is 27.9 Å². The molecular weight excluding hydrogens is 369 g/mol. The van der Waals surface area contributed by atoms with Crippen molar-refractivity contribution in [3.63, 3.8) is 0 Å². The maximum Gasteiger partial charge on any atom is 0.328 e. The third-order valence-electron chi connectivity index (χ3n) is 3.24. The van der Waals surface area contributed by atoms with Crippen LogP contribution in [0.2, 0.25) is 10.0 Å². The summed E-state index contributed by atoms with van der Waals surface area (Å²) in [5, 5.41) is 3.31. The second-order valence-corrected chi connectivity index (χ2v) is 6.69. The largest absolute Gasteiger partial charge is 0.467 e. The molecule has 6 nitrogen and oxygen atoms in total. The Balaban J connectivity index is 2.51. The fourth-order valence-corrected chi connectivity index (χ4v) is 2.56. The van der Waals surface area contributed by atoms with E-state index in [-0.39, 0.29) is 12.3 Å². The lowest BCUT2D eigenvalue weighted by molar-refractivity contribution is -0.150. The minimum absolute atomic E-state index is 0.0876. The molecular formula is C17H21Cl2NO5. The first-order chi connectivity index (χ1) is 11.7. The van der Waals surface area contributed by atoms with Gasteiger partial charge in [0.15, 0.2) is 6.61 Å². The quantitative estimate of drug-likeness (QED) is 0.691. The van der Waals surface area contributed by atoms with Crippen molar-refractivity contribution in [2.75, 3.05) is 13.7 Å². The van der Waals surface area contributed by atoms with Crippen LogP contribution >= 0.6 is 23.2 Å². The van der Waals surface area contributed by atoms with Gasteiger partial charge in [-0.2, -0.15) is 0 Å². The summed E-state index contributed by atoms with van der Waals surface area (Å²) in [6.07, 6.45) is 0.336. The summed E-state index contributed by atoms with van der Waals surface area (Å²) < 4.78 is 9.57. The van der Waals surface area contributed by atoms with Crippen molar-refractivity contribution in [3.05, 3.63) is 33.8 Å². The number of benzene rings is 1. The number of methoxy groups -OCH3 is 1. The molecule has 0 aliphatic heterocycles. The standard InChI is InChI=1S/C17H21Cl2NO5/c1-10(2)6-14(17(23)24-3)20-15(21)9-25-16(22)7-11-4-5-12(18)8-13(11)19/h4-5,8,10,14H,6-7,9H2,1-3H3,(H,20,21). The first-order valence-corrected chi connectivity index (χ1v) is 8.45. The van der Waals surface area contributed by atoms with Crippen LogP contribution < -0.4 is 5.32 Å². The van der Waals surface area contributed by atoms with Gasteiger partial charge in [0, 0.05) is 10.0 Å². The molecule has 0 aromatic heterocycles. The molecule has 25 heavy (non-hydrogen) atoms. The van der Waals surface area contributed by atoms with E-state index in [0.717, 1.165) is 0 Å². The Kier molecular flexibility index (Phi) is 8.72. The monoisotopic (exact) mass is 389 g/mol. The van der Waals surface area contributed by atoms with Gasteiger partial charge in [-0.05, 0) is 30.0 Å². The summed E-state index contributed by atoms with van der Waals surface area (Å²) in [5.41, 5.74) is 0.545. The zero-order chi connectivity index (χ0) is 19.0. The molecule has 1 N–H and O–H groups in total. The van der Waals surface area contributed by atoms with Gasteiger partial charge in [-0.15, -0.1) is 0 Å². The van der Waals surface area contributed by atoms with Gasteiger partial charge in [0.25, 0.3) is 5.91 Å². The predicted molar refractivity (Wildman–Crippen MR) is 94.5 cm³/mol. The molecule has 0 spiro atoms. The minimum atomic E-state index is -0.776.